The van der Waals surface area contributed by atoms with Gasteiger partial charge in [0.25, 0.3) is 0 Å². The zero-order valence-electron chi connectivity index (χ0n) is 10.4. The lowest BCUT2D eigenvalue weighted by atomic mass is 10.3. The van der Waals surface area contributed by atoms with E-state index in [9.17, 15) is 0 Å². The molecule has 0 saturated carbocycles. The van der Waals surface area contributed by atoms with E-state index < -0.39 is 0 Å². The van der Waals surface area contributed by atoms with Crippen LogP contribution in [0.1, 0.15) is 0 Å². The summed E-state index contributed by atoms with van der Waals surface area (Å²) in [7, 11) is 0. The van der Waals surface area contributed by atoms with Gasteiger partial charge in [0.15, 0.2) is 0 Å². The van der Waals surface area contributed by atoms with Crippen molar-refractivity contribution in [3.05, 3.63) is 50.9 Å². The summed E-state index contributed by atoms with van der Waals surface area (Å²) < 4.78 is 11.8. The van der Waals surface area contributed by atoms with Crippen LogP contribution in [0.5, 0.6) is 11.5 Å². The standard InChI is InChI=1S/C14H12BrCl2NO2/c15-11-7-13(17)14(8-12(11)16)20-6-5-19-10-3-1-9(18)2-4-10/h1-4,7-8H,5-6,18H2. The molecule has 0 aromatic heterocycles. The molecule has 0 aliphatic rings. The van der Waals surface area contributed by atoms with Gasteiger partial charge in [0.1, 0.15) is 24.7 Å². The Kier molecular flexibility index (Phi) is 5.40. The molecule has 0 unspecified atom stereocenters. The third kappa shape index (κ3) is 4.20. The van der Waals surface area contributed by atoms with E-state index in [-0.39, 0.29) is 0 Å². The van der Waals surface area contributed by atoms with Gasteiger partial charge in [0.05, 0.1) is 10.0 Å². The lowest BCUT2D eigenvalue weighted by Gasteiger charge is -2.10. The molecule has 0 aliphatic carbocycles. The van der Waals surface area contributed by atoms with E-state index in [2.05, 4.69) is 15.9 Å². The highest BCUT2D eigenvalue weighted by Gasteiger charge is 2.06. The first-order valence-corrected chi connectivity index (χ1v) is 7.37. The van der Waals surface area contributed by atoms with Gasteiger partial charge in [-0.15, -0.1) is 0 Å². The molecule has 2 aromatic rings. The molecule has 2 aromatic carbocycles. The van der Waals surface area contributed by atoms with Crippen molar-refractivity contribution >= 4 is 44.8 Å². The normalized spacial score (nSPS) is 10.3. The van der Waals surface area contributed by atoms with E-state index in [0.717, 1.165) is 10.2 Å². The largest absolute Gasteiger partial charge is 0.490 e. The number of benzene rings is 2. The van der Waals surface area contributed by atoms with Crippen LogP contribution in [-0.2, 0) is 0 Å². The Balaban J connectivity index is 1.84. The SMILES string of the molecule is Nc1ccc(OCCOc2cc(Cl)c(Br)cc2Cl)cc1. The summed E-state index contributed by atoms with van der Waals surface area (Å²) in [6.45, 7) is 0.760. The van der Waals surface area contributed by atoms with Crippen LogP contribution < -0.4 is 15.2 Å². The summed E-state index contributed by atoms with van der Waals surface area (Å²) in [4.78, 5) is 0. The molecule has 2 rings (SSSR count). The topological polar surface area (TPSA) is 44.5 Å². The summed E-state index contributed by atoms with van der Waals surface area (Å²) in [5.74, 6) is 1.27. The van der Waals surface area contributed by atoms with Gasteiger partial charge in [-0.25, -0.2) is 0 Å². The number of nitrogen functional groups attached to an aromatic ring is 1. The number of rotatable bonds is 5. The van der Waals surface area contributed by atoms with Crippen LogP contribution in [0.2, 0.25) is 10.0 Å². The molecule has 0 atom stereocenters. The summed E-state index contributed by atoms with van der Waals surface area (Å²) in [5, 5.41) is 1.04. The minimum atomic E-state index is 0.363. The Morgan fingerprint density at radius 3 is 2.30 bits per heavy atom. The van der Waals surface area contributed by atoms with Crippen molar-refractivity contribution in [1.82, 2.24) is 0 Å². The Labute approximate surface area is 135 Å². The second-order valence-corrected chi connectivity index (χ2v) is 5.63. The number of ether oxygens (including phenoxy) is 2. The number of hydrogen-bond donors (Lipinski definition) is 1. The fraction of sp³-hybridized carbons (Fsp3) is 0.143. The maximum Gasteiger partial charge on any atom is 0.139 e. The van der Waals surface area contributed by atoms with Gasteiger partial charge in [-0.3, -0.25) is 0 Å². The predicted octanol–water partition coefficient (Wildman–Crippen LogP) is 4.80. The fourth-order valence-corrected chi connectivity index (χ4v) is 2.34. The summed E-state index contributed by atoms with van der Waals surface area (Å²) in [5.41, 5.74) is 6.29. The van der Waals surface area contributed by atoms with E-state index >= 15 is 0 Å². The van der Waals surface area contributed by atoms with Gasteiger partial charge >= 0.3 is 0 Å². The van der Waals surface area contributed by atoms with Gasteiger partial charge in [-0.1, -0.05) is 23.2 Å². The van der Waals surface area contributed by atoms with E-state index in [0.29, 0.717) is 34.7 Å². The fourth-order valence-electron chi connectivity index (χ4n) is 1.49. The molecule has 0 saturated heterocycles. The Morgan fingerprint density at radius 1 is 0.950 bits per heavy atom. The highest BCUT2D eigenvalue weighted by atomic mass is 79.9. The van der Waals surface area contributed by atoms with Crippen molar-refractivity contribution in [3.8, 4) is 11.5 Å². The Hall–Kier alpha value is -1.10. The molecule has 0 aliphatic heterocycles. The zero-order chi connectivity index (χ0) is 14.5. The van der Waals surface area contributed by atoms with Crippen LogP contribution in [0.25, 0.3) is 0 Å². The van der Waals surface area contributed by atoms with Gasteiger partial charge in [-0.2, -0.15) is 0 Å². The molecule has 6 heteroatoms. The highest BCUT2D eigenvalue weighted by Crippen LogP contribution is 2.33. The maximum atomic E-state index is 6.05. The molecule has 0 heterocycles. The molecule has 0 spiro atoms. The molecule has 2 N–H and O–H groups in total. The first-order chi connectivity index (χ1) is 9.56. The second kappa shape index (κ2) is 7.07. The second-order valence-electron chi connectivity index (χ2n) is 3.96. The highest BCUT2D eigenvalue weighted by molar-refractivity contribution is 9.10. The first kappa shape index (κ1) is 15.3. The summed E-state index contributed by atoms with van der Waals surface area (Å²) in [6, 6.07) is 10.5. The van der Waals surface area contributed by atoms with E-state index in [4.69, 9.17) is 38.4 Å². The quantitative estimate of drug-likeness (QED) is 0.463. The maximum absolute atomic E-state index is 6.05. The van der Waals surface area contributed by atoms with E-state index in [1.54, 1.807) is 36.4 Å². The average molecular weight is 377 g/mol. The molecule has 0 bridgehead atoms. The van der Waals surface area contributed by atoms with Crippen LogP contribution in [0.4, 0.5) is 5.69 Å². The molecule has 3 nitrogen and oxygen atoms in total. The molecule has 0 amide bonds. The number of anilines is 1. The lowest BCUT2D eigenvalue weighted by molar-refractivity contribution is 0.217. The number of nitrogens with two attached hydrogens (primary N) is 1. The van der Waals surface area contributed by atoms with Crippen LogP contribution in [0, 0.1) is 0 Å². The Morgan fingerprint density at radius 2 is 1.60 bits per heavy atom. The summed E-state index contributed by atoms with van der Waals surface area (Å²) in [6.07, 6.45) is 0. The number of hydrogen-bond acceptors (Lipinski definition) is 3. The minimum absolute atomic E-state index is 0.363. The van der Waals surface area contributed by atoms with Crippen molar-refractivity contribution < 1.29 is 9.47 Å². The van der Waals surface area contributed by atoms with Gasteiger partial charge in [0.2, 0.25) is 0 Å². The van der Waals surface area contributed by atoms with Crippen molar-refractivity contribution in [3.63, 3.8) is 0 Å². The van der Waals surface area contributed by atoms with Crippen LogP contribution >= 0.6 is 39.1 Å². The molecule has 20 heavy (non-hydrogen) atoms. The van der Waals surface area contributed by atoms with Gasteiger partial charge in [-0.05, 0) is 46.3 Å². The van der Waals surface area contributed by atoms with Crippen LogP contribution in [-0.4, -0.2) is 13.2 Å². The molecule has 106 valence electrons. The van der Waals surface area contributed by atoms with Crippen LogP contribution in [0.3, 0.4) is 0 Å². The Bertz CT molecular complexity index is 590. The summed E-state index contributed by atoms with van der Waals surface area (Å²) >= 11 is 15.3. The molecular formula is C14H12BrCl2NO2. The predicted molar refractivity (Wildman–Crippen MR) is 86.0 cm³/mol. The third-order valence-electron chi connectivity index (χ3n) is 2.46. The average Bonchev–Trinajstić information content (AvgIpc) is 2.42. The third-order valence-corrected chi connectivity index (χ3v) is 3.96. The van der Waals surface area contributed by atoms with Crippen LogP contribution in [0.15, 0.2) is 40.9 Å². The van der Waals surface area contributed by atoms with Crippen molar-refractivity contribution in [2.45, 2.75) is 0 Å². The van der Waals surface area contributed by atoms with Crippen molar-refractivity contribution in [2.75, 3.05) is 18.9 Å². The lowest BCUT2D eigenvalue weighted by Crippen LogP contribution is -2.09. The van der Waals surface area contributed by atoms with Crippen molar-refractivity contribution in [1.29, 1.82) is 0 Å². The minimum Gasteiger partial charge on any atom is -0.490 e. The van der Waals surface area contributed by atoms with Gasteiger partial charge in [0, 0.05) is 16.2 Å². The number of halogens is 3. The van der Waals surface area contributed by atoms with Crippen molar-refractivity contribution in [2.24, 2.45) is 0 Å². The zero-order valence-corrected chi connectivity index (χ0v) is 13.5. The molecular weight excluding hydrogens is 365 g/mol. The monoisotopic (exact) mass is 375 g/mol. The first-order valence-electron chi connectivity index (χ1n) is 5.82. The molecule has 0 radical (unpaired) electrons. The van der Waals surface area contributed by atoms with Gasteiger partial charge < -0.3 is 15.2 Å². The molecule has 0 fully saturated rings. The van der Waals surface area contributed by atoms with E-state index in [1.165, 1.54) is 0 Å². The van der Waals surface area contributed by atoms with E-state index in [1.807, 2.05) is 0 Å². The smallest absolute Gasteiger partial charge is 0.139 e.